The highest BCUT2D eigenvalue weighted by molar-refractivity contribution is 5.80. The van der Waals surface area contributed by atoms with Gasteiger partial charge >= 0.3 is 0 Å². The monoisotopic (exact) mass is 316 g/mol. The zero-order valence-corrected chi connectivity index (χ0v) is 13.4. The van der Waals surface area contributed by atoms with Gasteiger partial charge in [0.1, 0.15) is 6.54 Å². The Morgan fingerprint density at radius 3 is 2.91 bits per heavy atom. The number of hydrogen-bond donors (Lipinski definition) is 1. The van der Waals surface area contributed by atoms with Crippen molar-refractivity contribution in [3.05, 3.63) is 30.6 Å². The van der Waals surface area contributed by atoms with Gasteiger partial charge in [-0.15, -0.1) is 0 Å². The fraction of sp³-hybridized carbons (Fsp3) is 0.529. The molecule has 6 nitrogen and oxygen atoms in total. The van der Waals surface area contributed by atoms with Crippen molar-refractivity contribution in [3.8, 4) is 0 Å². The maximum Gasteiger partial charge on any atom is 0.239 e. The molecule has 1 aromatic heterocycles. The molecule has 1 aromatic carbocycles. The lowest BCUT2D eigenvalue weighted by Crippen LogP contribution is -2.37. The number of nitrogens with one attached hydrogen (secondary N) is 1. The third-order valence-corrected chi connectivity index (χ3v) is 4.17. The topological polar surface area (TPSA) is 59.4 Å². The normalized spacial score (nSPS) is 15.8. The van der Waals surface area contributed by atoms with Gasteiger partial charge in [-0.3, -0.25) is 9.69 Å². The highest BCUT2D eigenvalue weighted by Gasteiger charge is 2.09. The average molecular weight is 316 g/mol. The molecule has 1 saturated heterocycles. The van der Waals surface area contributed by atoms with Crippen molar-refractivity contribution in [2.45, 2.75) is 19.4 Å². The molecule has 0 radical (unpaired) electrons. The molecule has 1 amide bonds. The molecule has 23 heavy (non-hydrogen) atoms. The van der Waals surface area contributed by atoms with Crippen LogP contribution in [0.2, 0.25) is 0 Å². The molecule has 6 heteroatoms. The molecule has 1 aliphatic heterocycles. The molecule has 2 heterocycles. The summed E-state index contributed by atoms with van der Waals surface area (Å²) in [5, 5.41) is 2.99. The fourth-order valence-corrected chi connectivity index (χ4v) is 2.86. The average Bonchev–Trinajstić information content (AvgIpc) is 2.99. The predicted molar refractivity (Wildman–Crippen MR) is 89.2 cm³/mol. The molecule has 3 rings (SSSR count). The van der Waals surface area contributed by atoms with E-state index in [9.17, 15) is 4.79 Å². The lowest BCUT2D eigenvalue weighted by molar-refractivity contribution is -0.121. The molecular weight excluding hydrogens is 292 g/mol. The Bertz CT molecular complexity index is 634. The molecule has 2 aromatic rings. The molecule has 0 saturated carbocycles. The molecule has 1 fully saturated rings. The summed E-state index contributed by atoms with van der Waals surface area (Å²) in [6.45, 7) is 5.89. The first-order valence-corrected chi connectivity index (χ1v) is 8.29. The number of morpholine rings is 1. The predicted octanol–water partition coefficient (Wildman–Crippen LogP) is 1.26. The summed E-state index contributed by atoms with van der Waals surface area (Å²) in [7, 11) is 0. The van der Waals surface area contributed by atoms with E-state index in [-0.39, 0.29) is 5.91 Å². The Kier molecular flexibility index (Phi) is 5.60. The number of carbonyl (C=O) groups is 1. The number of aromatic nitrogens is 2. The molecule has 0 aliphatic carbocycles. The van der Waals surface area contributed by atoms with Crippen LogP contribution in [0.25, 0.3) is 11.0 Å². The largest absolute Gasteiger partial charge is 0.379 e. The van der Waals surface area contributed by atoms with Gasteiger partial charge < -0.3 is 14.6 Å². The Morgan fingerprint density at radius 1 is 1.22 bits per heavy atom. The molecule has 1 N–H and O–H groups in total. The number of para-hydroxylation sites is 2. The van der Waals surface area contributed by atoms with Crippen molar-refractivity contribution in [2.75, 3.05) is 39.4 Å². The molecular formula is C17H24N4O2. The molecule has 0 atom stereocenters. The minimum absolute atomic E-state index is 0.0412. The fourth-order valence-electron chi connectivity index (χ4n) is 2.86. The smallest absolute Gasteiger partial charge is 0.239 e. The number of imidazole rings is 1. The maximum absolute atomic E-state index is 12.0. The van der Waals surface area contributed by atoms with E-state index in [2.05, 4.69) is 15.2 Å². The second-order valence-electron chi connectivity index (χ2n) is 5.87. The van der Waals surface area contributed by atoms with Crippen molar-refractivity contribution in [1.82, 2.24) is 19.8 Å². The van der Waals surface area contributed by atoms with E-state index < -0.39 is 0 Å². The zero-order chi connectivity index (χ0) is 15.9. The van der Waals surface area contributed by atoms with E-state index in [4.69, 9.17) is 4.74 Å². The zero-order valence-electron chi connectivity index (χ0n) is 13.4. The third-order valence-electron chi connectivity index (χ3n) is 4.17. The number of fused-ring (bicyclic) bond motifs is 1. The van der Waals surface area contributed by atoms with Gasteiger partial charge in [0.05, 0.1) is 30.6 Å². The molecule has 0 unspecified atom stereocenters. The van der Waals surface area contributed by atoms with Crippen LogP contribution in [-0.4, -0.2) is 59.8 Å². The van der Waals surface area contributed by atoms with Crippen LogP contribution >= 0.6 is 0 Å². The molecule has 1 aliphatic rings. The summed E-state index contributed by atoms with van der Waals surface area (Å²) >= 11 is 0. The Balaban J connectivity index is 1.35. The van der Waals surface area contributed by atoms with Crippen LogP contribution in [0.3, 0.4) is 0 Å². The third kappa shape index (κ3) is 4.53. The number of carbonyl (C=O) groups excluding carboxylic acids is 1. The van der Waals surface area contributed by atoms with Gasteiger partial charge in [-0.05, 0) is 31.5 Å². The molecule has 0 bridgehead atoms. The van der Waals surface area contributed by atoms with Crippen LogP contribution in [0, 0.1) is 0 Å². The van der Waals surface area contributed by atoms with Crippen molar-refractivity contribution in [1.29, 1.82) is 0 Å². The Hall–Kier alpha value is -1.92. The summed E-state index contributed by atoms with van der Waals surface area (Å²) in [6.07, 6.45) is 3.84. The first-order chi connectivity index (χ1) is 11.3. The van der Waals surface area contributed by atoms with Gasteiger partial charge in [-0.2, -0.15) is 0 Å². The molecule has 0 spiro atoms. The summed E-state index contributed by atoms with van der Waals surface area (Å²) in [5.41, 5.74) is 1.92. The van der Waals surface area contributed by atoms with Gasteiger partial charge in [0.2, 0.25) is 5.91 Å². The Labute approximate surface area is 136 Å². The standard InChI is InChI=1S/C17H24N4O2/c22-17(13-21-14-19-15-5-1-2-6-16(15)21)18-7-3-4-8-20-9-11-23-12-10-20/h1-2,5-6,14H,3-4,7-13H2,(H,18,22). The summed E-state index contributed by atoms with van der Waals surface area (Å²) in [4.78, 5) is 18.8. The second kappa shape index (κ2) is 8.08. The number of amides is 1. The number of rotatable bonds is 7. The van der Waals surface area contributed by atoms with E-state index in [1.807, 2.05) is 28.8 Å². The second-order valence-corrected chi connectivity index (χ2v) is 5.87. The van der Waals surface area contributed by atoms with E-state index in [0.717, 1.165) is 63.3 Å². The van der Waals surface area contributed by atoms with E-state index >= 15 is 0 Å². The Morgan fingerprint density at radius 2 is 2.04 bits per heavy atom. The van der Waals surface area contributed by atoms with Crippen molar-refractivity contribution in [3.63, 3.8) is 0 Å². The lowest BCUT2D eigenvalue weighted by Gasteiger charge is -2.26. The van der Waals surface area contributed by atoms with Gasteiger partial charge in [-0.25, -0.2) is 4.98 Å². The SMILES string of the molecule is O=C(Cn1cnc2ccccc21)NCCCCN1CCOCC1. The number of nitrogens with zero attached hydrogens (tertiary/aromatic N) is 3. The van der Waals surface area contributed by atoms with Crippen LogP contribution < -0.4 is 5.32 Å². The summed E-state index contributed by atoms with van der Waals surface area (Å²) in [6, 6.07) is 7.85. The van der Waals surface area contributed by atoms with Gasteiger partial charge in [-0.1, -0.05) is 12.1 Å². The van der Waals surface area contributed by atoms with Gasteiger partial charge in [0, 0.05) is 19.6 Å². The van der Waals surface area contributed by atoms with Crippen LogP contribution in [0.1, 0.15) is 12.8 Å². The van der Waals surface area contributed by atoms with Crippen LogP contribution in [0.5, 0.6) is 0 Å². The highest BCUT2D eigenvalue weighted by atomic mass is 16.5. The quantitative estimate of drug-likeness (QED) is 0.782. The molecule has 124 valence electrons. The minimum Gasteiger partial charge on any atom is -0.379 e. The van der Waals surface area contributed by atoms with Crippen molar-refractivity contribution in [2.24, 2.45) is 0 Å². The van der Waals surface area contributed by atoms with Crippen LogP contribution in [0.4, 0.5) is 0 Å². The number of unbranched alkanes of at least 4 members (excludes halogenated alkanes) is 1. The first-order valence-electron chi connectivity index (χ1n) is 8.29. The maximum atomic E-state index is 12.0. The lowest BCUT2D eigenvalue weighted by atomic mass is 10.2. The minimum atomic E-state index is 0.0412. The van der Waals surface area contributed by atoms with Crippen LogP contribution in [-0.2, 0) is 16.1 Å². The van der Waals surface area contributed by atoms with Crippen molar-refractivity contribution >= 4 is 16.9 Å². The van der Waals surface area contributed by atoms with E-state index in [0.29, 0.717) is 6.54 Å². The summed E-state index contributed by atoms with van der Waals surface area (Å²) in [5.74, 6) is 0.0412. The highest BCUT2D eigenvalue weighted by Crippen LogP contribution is 2.11. The van der Waals surface area contributed by atoms with Gasteiger partial charge in [0.25, 0.3) is 0 Å². The van der Waals surface area contributed by atoms with E-state index in [1.165, 1.54) is 0 Å². The first kappa shape index (κ1) is 16.0. The van der Waals surface area contributed by atoms with Gasteiger partial charge in [0.15, 0.2) is 0 Å². The van der Waals surface area contributed by atoms with E-state index in [1.54, 1.807) is 6.33 Å². The van der Waals surface area contributed by atoms with Crippen LogP contribution in [0.15, 0.2) is 30.6 Å². The summed E-state index contributed by atoms with van der Waals surface area (Å²) < 4.78 is 7.22. The number of benzene rings is 1. The number of ether oxygens (including phenoxy) is 1. The van der Waals surface area contributed by atoms with Crippen molar-refractivity contribution < 1.29 is 9.53 Å². The number of hydrogen-bond acceptors (Lipinski definition) is 4.